The van der Waals surface area contributed by atoms with E-state index in [1.807, 2.05) is 16.8 Å². The van der Waals surface area contributed by atoms with E-state index in [-0.39, 0.29) is 11.3 Å². The van der Waals surface area contributed by atoms with Crippen LogP contribution >= 0.6 is 11.3 Å². The Balaban J connectivity index is 2.02. The van der Waals surface area contributed by atoms with Crippen molar-refractivity contribution in [2.75, 3.05) is 5.32 Å². The third-order valence-corrected chi connectivity index (χ3v) is 3.42. The van der Waals surface area contributed by atoms with Crippen LogP contribution in [0.4, 0.5) is 10.5 Å². The fraction of sp³-hybridized carbons (Fsp3) is 0.143. The highest BCUT2D eigenvalue weighted by molar-refractivity contribution is 7.07. The molecule has 0 bridgehead atoms. The van der Waals surface area contributed by atoms with Gasteiger partial charge in [0.05, 0.1) is 11.3 Å². The first-order chi connectivity index (χ1) is 9.56. The van der Waals surface area contributed by atoms with Gasteiger partial charge in [0.1, 0.15) is 0 Å². The molecule has 0 radical (unpaired) electrons. The summed E-state index contributed by atoms with van der Waals surface area (Å²) in [6.45, 7) is 2.20. The predicted octanol–water partition coefficient (Wildman–Crippen LogP) is 3.08. The lowest BCUT2D eigenvalue weighted by Gasteiger charge is -2.10. The summed E-state index contributed by atoms with van der Waals surface area (Å²) in [6.07, 6.45) is 0. The second kappa shape index (κ2) is 6.21. The Bertz CT molecular complexity index is 623. The smallest absolute Gasteiger partial charge is 0.337 e. The Labute approximate surface area is 120 Å². The van der Waals surface area contributed by atoms with Gasteiger partial charge in [0.15, 0.2) is 0 Å². The summed E-state index contributed by atoms with van der Waals surface area (Å²) in [4.78, 5) is 22.9. The van der Waals surface area contributed by atoms with Crippen molar-refractivity contribution in [1.29, 1.82) is 0 Å². The highest BCUT2D eigenvalue weighted by Gasteiger charge is 2.12. The molecule has 0 aliphatic heterocycles. The van der Waals surface area contributed by atoms with Crippen molar-refractivity contribution in [1.82, 2.24) is 5.32 Å². The molecule has 0 saturated carbocycles. The van der Waals surface area contributed by atoms with Crippen LogP contribution in [0.15, 0.2) is 35.0 Å². The van der Waals surface area contributed by atoms with Crippen LogP contribution in [0.3, 0.4) is 0 Å². The lowest BCUT2D eigenvalue weighted by Crippen LogP contribution is -2.28. The molecule has 0 atom stereocenters. The fourth-order valence-electron chi connectivity index (χ4n) is 1.69. The molecular formula is C14H14N2O3S. The third-order valence-electron chi connectivity index (χ3n) is 2.69. The van der Waals surface area contributed by atoms with Crippen molar-refractivity contribution in [3.63, 3.8) is 0 Å². The first-order valence-electron chi connectivity index (χ1n) is 5.96. The first kappa shape index (κ1) is 14.1. The van der Waals surface area contributed by atoms with Crippen molar-refractivity contribution in [3.05, 3.63) is 51.7 Å². The molecular weight excluding hydrogens is 276 g/mol. The van der Waals surface area contributed by atoms with Gasteiger partial charge in [0.25, 0.3) is 0 Å². The van der Waals surface area contributed by atoms with Crippen LogP contribution in [0.2, 0.25) is 0 Å². The first-order valence-corrected chi connectivity index (χ1v) is 6.90. The van der Waals surface area contributed by atoms with Crippen LogP contribution in [0.25, 0.3) is 0 Å². The number of hydrogen-bond donors (Lipinski definition) is 3. The van der Waals surface area contributed by atoms with Gasteiger partial charge in [0, 0.05) is 6.54 Å². The van der Waals surface area contributed by atoms with Crippen LogP contribution in [0.5, 0.6) is 0 Å². The number of aryl methyl sites for hydroxylation is 1. The Morgan fingerprint density at radius 3 is 2.75 bits per heavy atom. The largest absolute Gasteiger partial charge is 0.478 e. The van der Waals surface area contributed by atoms with E-state index in [9.17, 15) is 9.59 Å². The van der Waals surface area contributed by atoms with Crippen molar-refractivity contribution >= 4 is 29.0 Å². The molecule has 6 heteroatoms. The van der Waals surface area contributed by atoms with Crippen LogP contribution in [0, 0.1) is 6.92 Å². The zero-order chi connectivity index (χ0) is 14.5. The van der Waals surface area contributed by atoms with Crippen molar-refractivity contribution in [3.8, 4) is 0 Å². The van der Waals surface area contributed by atoms with Gasteiger partial charge in [-0.2, -0.15) is 11.3 Å². The minimum atomic E-state index is -1.07. The topological polar surface area (TPSA) is 78.4 Å². The number of benzene rings is 1. The number of hydrogen-bond acceptors (Lipinski definition) is 3. The quantitative estimate of drug-likeness (QED) is 0.809. The SMILES string of the molecule is Cc1ccc(NC(=O)NCc2ccsc2)c(C(=O)O)c1. The molecule has 0 aliphatic rings. The number of anilines is 1. The van der Waals surface area contributed by atoms with Gasteiger partial charge in [0.2, 0.25) is 0 Å². The van der Waals surface area contributed by atoms with Crippen LogP contribution < -0.4 is 10.6 Å². The highest BCUT2D eigenvalue weighted by Crippen LogP contribution is 2.17. The number of carboxylic acids is 1. The molecule has 0 spiro atoms. The van der Waals surface area contributed by atoms with Crippen LogP contribution in [-0.2, 0) is 6.54 Å². The number of thiophene rings is 1. The maximum Gasteiger partial charge on any atom is 0.337 e. The van der Waals surface area contributed by atoms with Gasteiger partial charge in [-0.15, -0.1) is 0 Å². The standard InChI is InChI=1S/C14H14N2O3S/c1-9-2-3-12(11(6-9)13(17)18)16-14(19)15-7-10-4-5-20-8-10/h2-6,8H,7H2,1H3,(H,17,18)(H2,15,16,19). The Kier molecular flexibility index (Phi) is 4.37. The molecule has 20 heavy (non-hydrogen) atoms. The third kappa shape index (κ3) is 3.58. The van der Waals surface area contributed by atoms with E-state index in [0.29, 0.717) is 6.54 Å². The van der Waals surface area contributed by atoms with E-state index < -0.39 is 12.0 Å². The Morgan fingerprint density at radius 1 is 1.30 bits per heavy atom. The molecule has 2 amide bonds. The molecule has 2 rings (SSSR count). The van der Waals surface area contributed by atoms with E-state index in [0.717, 1.165) is 11.1 Å². The number of urea groups is 1. The van der Waals surface area contributed by atoms with E-state index >= 15 is 0 Å². The number of aromatic carboxylic acids is 1. The molecule has 1 heterocycles. The number of carbonyl (C=O) groups is 2. The van der Waals surface area contributed by atoms with E-state index in [1.165, 1.54) is 6.07 Å². The van der Waals surface area contributed by atoms with Crippen molar-refractivity contribution in [2.24, 2.45) is 0 Å². The van der Waals surface area contributed by atoms with Gasteiger partial charge < -0.3 is 15.7 Å². The highest BCUT2D eigenvalue weighted by atomic mass is 32.1. The maximum absolute atomic E-state index is 11.8. The average Bonchev–Trinajstić information content (AvgIpc) is 2.91. The average molecular weight is 290 g/mol. The van der Waals surface area contributed by atoms with Gasteiger partial charge in [-0.3, -0.25) is 0 Å². The molecule has 3 N–H and O–H groups in total. The summed E-state index contributed by atoms with van der Waals surface area (Å²) in [5.41, 5.74) is 2.20. The fourth-order valence-corrected chi connectivity index (χ4v) is 2.35. The summed E-state index contributed by atoms with van der Waals surface area (Å²) in [7, 11) is 0. The predicted molar refractivity (Wildman–Crippen MR) is 78.3 cm³/mol. The van der Waals surface area contributed by atoms with Crippen molar-refractivity contribution < 1.29 is 14.7 Å². The second-order valence-electron chi connectivity index (χ2n) is 4.29. The number of amides is 2. The van der Waals surface area contributed by atoms with Crippen LogP contribution in [0.1, 0.15) is 21.5 Å². The van der Waals surface area contributed by atoms with E-state index in [4.69, 9.17) is 5.11 Å². The monoisotopic (exact) mass is 290 g/mol. The van der Waals surface area contributed by atoms with Crippen molar-refractivity contribution in [2.45, 2.75) is 13.5 Å². The van der Waals surface area contributed by atoms with Gasteiger partial charge >= 0.3 is 12.0 Å². The Hall–Kier alpha value is -2.34. The minimum absolute atomic E-state index is 0.0793. The maximum atomic E-state index is 11.8. The Morgan fingerprint density at radius 2 is 2.10 bits per heavy atom. The molecule has 0 saturated heterocycles. The van der Waals surface area contributed by atoms with E-state index in [2.05, 4.69) is 10.6 Å². The zero-order valence-corrected chi connectivity index (χ0v) is 11.7. The summed E-state index contributed by atoms with van der Waals surface area (Å²) in [6, 6.07) is 6.35. The molecule has 0 aliphatic carbocycles. The van der Waals surface area contributed by atoms with Gasteiger partial charge in [-0.05, 0) is 41.4 Å². The number of carbonyl (C=O) groups excluding carboxylic acids is 1. The lowest BCUT2D eigenvalue weighted by molar-refractivity contribution is 0.0698. The molecule has 104 valence electrons. The van der Waals surface area contributed by atoms with Gasteiger partial charge in [-0.1, -0.05) is 11.6 Å². The second-order valence-corrected chi connectivity index (χ2v) is 5.07. The van der Waals surface area contributed by atoms with Gasteiger partial charge in [-0.25, -0.2) is 9.59 Å². The molecule has 2 aromatic rings. The number of nitrogens with one attached hydrogen (secondary N) is 2. The molecule has 0 fully saturated rings. The normalized spacial score (nSPS) is 10.1. The summed E-state index contributed by atoms with van der Waals surface area (Å²) in [5, 5.41) is 18.2. The van der Waals surface area contributed by atoms with Crippen LogP contribution in [-0.4, -0.2) is 17.1 Å². The number of carboxylic acid groups (broad SMARTS) is 1. The molecule has 1 aromatic heterocycles. The summed E-state index contributed by atoms with van der Waals surface area (Å²) < 4.78 is 0. The number of rotatable bonds is 4. The zero-order valence-electron chi connectivity index (χ0n) is 10.8. The molecule has 1 aromatic carbocycles. The molecule has 0 unspecified atom stereocenters. The lowest BCUT2D eigenvalue weighted by atomic mass is 10.1. The summed E-state index contributed by atoms with van der Waals surface area (Å²) in [5.74, 6) is -1.07. The van der Waals surface area contributed by atoms with E-state index in [1.54, 1.807) is 30.4 Å². The minimum Gasteiger partial charge on any atom is -0.478 e. The summed E-state index contributed by atoms with van der Waals surface area (Å²) >= 11 is 1.55. The molecule has 5 nitrogen and oxygen atoms in total.